The van der Waals surface area contributed by atoms with Gasteiger partial charge in [-0.2, -0.15) is 0 Å². The van der Waals surface area contributed by atoms with Crippen molar-refractivity contribution in [2.75, 3.05) is 25.6 Å². The van der Waals surface area contributed by atoms with E-state index in [9.17, 15) is 5.11 Å². The number of nitrogen functional groups attached to an aromatic ring is 1. The van der Waals surface area contributed by atoms with Gasteiger partial charge in [-0.05, 0) is 31.3 Å². The summed E-state index contributed by atoms with van der Waals surface area (Å²) in [5.74, 6) is 0.360. The number of hydrogen-bond donors (Lipinski definition) is 2. The zero-order valence-corrected chi connectivity index (χ0v) is 13.4. The minimum Gasteiger partial charge on any atom is -0.395 e. The van der Waals surface area contributed by atoms with Crippen LogP contribution in [0.25, 0.3) is 17.4 Å². The lowest BCUT2D eigenvalue weighted by Gasteiger charge is -2.24. The van der Waals surface area contributed by atoms with E-state index in [0.717, 1.165) is 37.9 Å². The van der Waals surface area contributed by atoms with E-state index in [4.69, 9.17) is 15.2 Å². The second-order valence-electron chi connectivity index (χ2n) is 6.46. The highest BCUT2D eigenvalue weighted by Crippen LogP contribution is 2.52. The molecule has 1 aliphatic carbocycles. The zero-order valence-electron chi connectivity index (χ0n) is 13.4. The quantitative estimate of drug-likeness (QED) is 0.846. The molecule has 3 N–H and O–H groups in total. The predicted molar refractivity (Wildman–Crippen MR) is 87.7 cm³/mol. The van der Waals surface area contributed by atoms with Crippen LogP contribution in [0.15, 0.2) is 18.2 Å². The van der Waals surface area contributed by atoms with E-state index < -0.39 is 0 Å². The highest BCUT2D eigenvalue weighted by Gasteiger charge is 2.49. The normalized spacial score (nSPS) is 28.5. The van der Waals surface area contributed by atoms with E-state index in [-0.39, 0.29) is 18.3 Å². The zero-order chi connectivity index (χ0) is 16.6. The van der Waals surface area contributed by atoms with Crippen LogP contribution < -0.4 is 5.73 Å². The molecule has 3 heterocycles. The van der Waals surface area contributed by atoms with Crippen LogP contribution >= 0.6 is 0 Å². The molecule has 0 spiro atoms. The summed E-state index contributed by atoms with van der Waals surface area (Å²) in [4.78, 5) is 12.4. The number of anilines is 1. The molecule has 1 saturated heterocycles. The lowest BCUT2D eigenvalue weighted by molar-refractivity contribution is -0.172. The largest absolute Gasteiger partial charge is 0.395 e. The Labute approximate surface area is 139 Å². The predicted octanol–water partition coefficient (Wildman–Crippen LogP) is 1.17. The molecule has 1 aliphatic heterocycles. The molecule has 128 valence electrons. The number of aliphatic hydroxyl groups excluding tert-OH is 1. The van der Waals surface area contributed by atoms with Crippen LogP contribution in [0.3, 0.4) is 0 Å². The van der Waals surface area contributed by atoms with E-state index in [1.165, 1.54) is 6.33 Å². The molecule has 2 atom stereocenters. The van der Waals surface area contributed by atoms with Crippen molar-refractivity contribution in [3.8, 4) is 0 Å². The standard InChI is InChI=1S/C16H21N5O3/c17-14-13-15(19-9-18-14)21(10-20-13)6-11-5-16(11,7-22)8-24-12-3-1-2-4-23-12/h6,9-10,12,22H,1-5,7-8H2,(H2,17,18,19)/b11-6+. The molecular formula is C16H21N5O3. The molecule has 2 aliphatic rings. The van der Waals surface area contributed by atoms with Crippen LogP contribution in [0.1, 0.15) is 25.7 Å². The molecule has 2 fully saturated rings. The smallest absolute Gasteiger partial charge is 0.169 e. The molecule has 0 amide bonds. The summed E-state index contributed by atoms with van der Waals surface area (Å²) < 4.78 is 13.3. The Kier molecular flexibility index (Phi) is 3.95. The minimum absolute atomic E-state index is 0.0509. The van der Waals surface area contributed by atoms with Crippen LogP contribution in [-0.2, 0) is 9.47 Å². The van der Waals surface area contributed by atoms with Crippen LogP contribution in [0.4, 0.5) is 5.82 Å². The van der Waals surface area contributed by atoms with Gasteiger partial charge in [0.05, 0.1) is 13.2 Å². The molecule has 8 heteroatoms. The molecule has 0 radical (unpaired) electrons. The van der Waals surface area contributed by atoms with E-state index >= 15 is 0 Å². The van der Waals surface area contributed by atoms with E-state index in [1.54, 1.807) is 6.33 Å². The number of fused-ring (bicyclic) bond motifs is 1. The average molecular weight is 331 g/mol. The minimum atomic E-state index is -0.323. The first kappa shape index (κ1) is 15.5. The average Bonchev–Trinajstić information content (AvgIpc) is 3.15. The monoisotopic (exact) mass is 331 g/mol. The van der Waals surface area contributed by atoms with Gasteiger partial charge in [0.15, 0.2) is 23.3 Å². The first-order chi connectivity index (χ1) is 11.7. The van der Waals surface area contributed by atoms with Gasteiger partial charge in [0.2, 0.25) is 0 Å². The third kappa shape index (κ3) is 2.77. The molecule has 2 aromatic rings. The summed E-state index contributed by atoms with van der Waals surface area (Å²) >= 11 is 0. The number of nitrogens with two attached hydrogens (primary N) is 1. The fourth-order valence-corrected chi connectivity index (χ4v) is 3.08. The Morgan fingerprint density at radius 1 is 1.42 bits per heavy atom. The van der Waals surface area contributed by atoms with Gasteiger partial charge in [0.1, 0.15) is 12.7 Å². The Balaban J connectivity index is 1.49. The van der Waals surface area contributed by atoms with Gasteiger partial charge in [0.25, 0.3) is 0 Å². The first-order valence-corrected chi connectivity index (χ1v) is 8.20. The topological polar surface area (TPSA) is 108 Å². The number of nitrogens with zero attached hydrogens (tertiary/aromatic N) is 4. The third-order valence-electron chi connectivity index (χ3n) is 4.75. The van der Waals surface area contributed by atoms with E-state index in [0.29, 0.717) is 23.6 Å². The molecule has 24 heavy (non-hydrogen) atoms. The van der Waals surface area contributed by atoms with Crippen molar-refractivity contribution in [1.82, 2.24) is 19.5 Å². The number of ether oxygens (including phenoxy) is 2. The van der Waals surface area contributed by atoms with Crippen molar-refractivity contribution in [3.05, 3.63) is 18.2 Å². The summed E-state index contributed by atoms with van der Waals surface area (Å²) in [5, 5.41) is 9.81. The lowest BCUT2D eigenvalue weighted by Crippen LogP contribution is -2.27. The molecule has 8 nitrogen and oxygen atoms in total. The van der Waals surface area contributed by atoms with Gasteiger partial charge in [-0.3, -0.25) is 4.57 Å². The molecule has 2 unspecified atom stereocenters. The van der Waals surface area contributed by atoms with Crippen molar-refractivity contribution in [2.24, 2.45) is 5.41 Å². The van der Waals surface area contributed by atoms with Gasteiger partial charge in [-0.15, -0.1) is 0 Å². The maximum atomic E-state index is 9.81. The summed E-state index contributed by atoms with van der Waals surface area (Å²) in [5.41, 5.74) is 7.83. The van der Waals surface area contributed by atoms with Crippen LogP contribution in [-0.4, -0.2) is 50.7 Å². The van der Waals surface area contributed by atoms with Crippen molar-refractivity contribution < 1.29 is 14.6 Å². The molecular weight excluding hydrogens is 310 g/mol. The SMILES string of the molecule is Nc1ncnc2c1ncn2/C=C1\CC1(CO)COC1CCCCO1. The van der Waals surface area contributed by atoms with Crippen molar-refractivity contribution in [3.63, 3.8) is 0 Å². The van der Waals surface area contributed by atoms with Gasteiger partial charge in [-0.1, -0.05) is 0 Å². The second kappa shape index (κ2) is 6.12. The van der Waals surface area contributed by atoms with Crippen molar-refractivity contribution in [1.29, 1.82) is 0 Å². The maximum absolute atomic E-state index is 9.81. The van der Waals surface area contributed by atoms with Crippen molar-refractivity contribution in [2.45, 2.75) is 32.0 Å². The van der Waals surface area contributed by atoms with Gasteiger partial charge >= 0.3 is 0 Å². The number of aliphatic hydroxyl groups is 1. The fourth-order valence-electron chi connectivity index (χ4n) is 3.08. The Bertz CT molecular complexity index is 768. The van der Waals surface area contributed by atoms with E-state index in [2.05, 4.69) is 15.0 Å². The Hall–Kier alpha value is -2.03. The van der Waals surface area contributed by atoms with Crippen LogP contribution in [0, 0.1) is 5.41 Å². The fraction of sp³-hybridized carbons (Fsp3) is 0.562. The molecule has 0 aromatic carbocycles. The van der Waals surface area contributed by atoms with Crippen LogP contribution in [0.2, 0.25) is 0 Å². The first-order valence-electron chi connectivity index (χ1n) is 8.20. The summed E-state index contributed by atoms with van der Waals surface area (Å²) in [6.07, 6.45) is 8.81. The van der Waals surface area contributed by atoms with Crippen LogP contribution in [0.5, 0.6) is 0 Å². The number of rotatable bonds is 5. The molecule has 0 bridgehead atoms. The molecule has 1 saturated carbocycles. The van der Waals surface area contributed by atoms with E-state index in [1.807, 2.05) is 10.8 Å². The Morgan fingerprint density at radius 2 is 2.33 bits per heavy atom. The van der Waals surface area contributed by atoms with Gasteiger partial charge in [-0.25, -0.2) is 15.0 Å². The number of imidazole rings is 1. The third-order valence-corrected chi connectivity index (χ3v) is 4.75. The molecule has 4 rings (SSSR count). The number of aromatic nitrogens is 4. The maximum Gasteiger partial charge on any atom is 0.169 e. The highest BCUT2D eigenvalue weighted by molar-refractivity contribution is 5.82. The summed E-state index contributed by atoms with van der Waals surface area (Å²) in [6, 6.07) is 0. The second-order valence-corrected chi connectivity index (χ2v) is 6.46. The van der Waals surface area contributed by atoms with Crippen molar-refractivity contribution >= 4 is 23.2 Å². The lowest BCUT2D eigenvalue weighted by atomic mass is 10.1. The van der Waals surface area contributed by atoms with Gasteiger partial charge < -0.3 is 20.3 Å². The highest BCUT2D eigenvalue weighted by atomic mass is 16.7. The summed E-state index contributed by atoms with van der Waals surface area (Å²) in [6.45, 7) is 1.26. The van der Waals surface area contributed by atoms with Gasteiger partial charge in [0, 0.05) is 18.2 Å². The Morgan fingerprint density at radius 3 is 3.12 bits per heavy atom. The molecule has 2 aromatic heterocycles. The number of hydrogen-bond acceptors (Lipinski definition) is 7. The summed E-state index contributed by atoms with van der Waals surface area (Å²) in [7, 11) is 0.